The molecule has 2 N–H and O–H groups in total. The van der Waals surface area contributed by atoms with E-state index in [0.717, 1.165) is 29.6 Å². The van der Waals surface area contributed by atoms with E-state index in [1.807, 2.05) is 12.1 Å². The first-order valence-corrected chi connectivity index (χ1v) is 8.02. The van der Waals surface area contributed by atoms with Crippen molar-refractivity contribution in [2.24, 2.45) is 5.92 Å². The molecule has 21 heavy (non-hydrogen) atoms. The monoisotopic (exact) mass is 290 g/mol. The van der Waals surface area contributed by atoms with Gasteiger partial charge < -0.3 is 20.1 Å². The highest BCUT2D eigenvalue weighted by Crippen LogP contribution is 2.43. The fourth-order valence-electron chi connectivity index (χ4n) is 4.06. The predicted octanol–water partition coefficient (Wildman–Crippen LogP) is 3.45. The number of anilines is 2. The maximum atomic E-state index is 6.28. The standard InChI is InChI=1S/C17H26N2O2/c1-20-16-10-13(18)15(11-17(16)21-2)19-9-5-8-14(19)12-6-3-4-7-12/h10-12,14H,3-9,18H2,1-2H3. The molecular formula is C17H26N2O2. The van der Waals surface area contributed by atoms with Gasteiger partial charge in [0.25, 0.3) is 0 Å². The van der Waals surface area contributed by atoms with E-state index in [4.69, 9.17) is 15.2 Å². The Bertz CT molecular complexity index is 498. The van der Waals surface area contributed by atoms with E-state index < -0.39 is 0 Å². The smallest absolute Gasteiger partial charge is 0.162 e. The average molecular weight is 290 g/mol. The minimum atomic E-state index is 0.646. The van der Waals surface area contributed by atoms with E-state index >= 15 is 0 Å². The van der Waals surface area contributed by atoms with E-state index in [2.05, 4.69) is 4.90 Å². The zero-order valence-corrected chi connectivity index (χ0v) is 13.1. The summed E-state index contributed by atoms with van der Waals surface area (Å²) in [5.74, 6) is 2.30. The second-order valence-corrected chi connectivity index (χ2v) is 6.21. The van der Waals surface area contributed by atoms with Crippen LogP contribution in [0.2, 0.25) is 0 Å². The summed E-state index contributed by atoms with van der Waals surface area (Å²) >= 11 is 0. The van der Waals surface area contributed by atoms with Gasteiger partial charge >= 0.3 is 0 Å². The number of nitrogen functional groups attached to an aromatic ring is 1. The Morgan fingerprint density at radius 3 is 2.33 bits per heavy atom. The molecule has 1 aliphatic heterocycles. The summed E-state index contributed by atoms with van der Waals surface area (Å²) in [5, 5.41) is 0. The molecule has 116 valence electrons. The van der Waals surface area contributed by atoms with Crippen LogP contribution in [0.25, 0.3) is 0 Å². The van der Waals surface area contributed by atoms with Crippen LogP contribution in [0.3, 0.4) is 0 Å². The molecule has 3 rings (SSSR count). The molecule has 4 heteroatoms. The maximum absolute atomic E-state index is 6.28. The third-order valence-electron chi connectivity index (χ3n) is 5.09. The van der Waals surface area contributed by atoms with Crippen molar-refractivity contribution in [2.45, 2.75) is 44.6 Å². The molecule has 0 aromatic heterocycles. The highest BCUT2D eigenvalue weighted by Gasteiger charge is 2.34. The summed E-state index contributed by atoms with van der Waals surface area (Å²) in [5.41, 5.74) is 8.19. The number of hydrogen-bond donors (Lipinski definition) is 1. The molecule has 1 aromatic carbocycles. The summed E-state index contributed by atoms with van der Waals surface area (Å²) in [6.07, 6.45) is 8.06. The Morgan fingerprint density at radius 2 is 1.67 bits per heavy atom. The number of benzene rings is 1. The second-order valence-electron chi connectivity index (χ2n) is 6.21. The SMILES string of the molecule is COc1cc(N)c(N2CCCC2C2CCCC2)cc1OC. The van der Waals surface area contributed by atoms with Crippen LogP contribution in [-0.2, 0) is 0 Å². The van der Waals surface area contributed by atoms with Gasteiger partial charge in [-0.3, -0.25) is 0 Å². The minimum absolute atomic E-state index is 0.646. The van der Waals surface area contributed by atoms with Crippen LogP contribution >= 0.6 is 0 Å². The van der Waals surface area contributed by atoms with E-state index in [1.165, 1.54) is 38.5 Å². The number of hydrogen-bond acceptors (Lipinski definition) is 4. The molecule has 1 unspecified atom stereocenters. The number of rotatable bonds is 4. The highest BCUT2D eigenvalue weighted by atomic mass is 16.5. The molecule has 1 heterocycles. The largest absolute Gasteiger partial charge is 0.493 e. The zero-order valence-electron chi connectivity index (χ0n) is 13.1. The van der Waals surface area contributed by atoms with Crippen LogP contribution in [-0.4, -0.2) is 26.8 Å². The van der Waals surface area contributed by atoms with E-state index in [1.54, 1.807) is 14.2 Å². The molecule has 1 atom stereocenters. The van der Waals surface area contributed by atoms with Gasteiger partial charge in [-0.15, -0.1) is 0 Å². The number of nitrogens with zero attached hydrogens (tertiary/aromatic N) is 1. The quantitative estimate of drug-likeness (QED) is 0.863. The van der Waals surface area contributed by atoms with Crippen LogP contribution in [0.5, 0.6) is 11.5 Å². The normalized spacial score (nSPS) is 22.8. The van der Waals surface area contributed by atoms with Crippen LogP contribution < -0.4 is 20.1 Å². The maximum Gasteiger partial charge on any atom is 0.162 e. The number of ether oxygens (including phenoxy) is 2. The first-order valence-electron chi connectivity index (χ1n) is 8.02. The lowest BCUT2D eigenvalue weighted by Gasteiger charge is -2.32. The van der Waals surface area contributed by atoms with E-state index in [0.29, 0.717) is 11.8 Å². The van der Waals surface area contributed by atoms with Gasteiger partial charge in [0.2, 0.25) is 0 Å². The molecule has 2 fully saturated rings. The van der Waals surface area contributed by atoms with Gasteiger partial charge in [0.15, 0.2) is 11.5 Å². The molecule has 1 saturated carbocycles. The lowest BCUT2D eigenvalue weighted by Crippen LogP contribution is -2.35. The Hall–Kier alpha value is -1.58. The highest BCUT2D eigenvalue weighted by molar-refractivity contribution is 5.74. The van der Waals surface area contributed by atoms with Gasteiger partial charge in [-0.1, -0.05) is 12.8 Å². The van der Waals surface area contributed by atoms with Crippen molar-refractivity contribution in [3.63, 3.8) is 0 Å². The minimum Gasteiger partial charge on any atom is -0.493 e. The zero-order chi connectivity index (χ0) is 14.8. The molecular weight excluding hydrogens is 264 g/mol. The van der Waals surface area contributed by atoms with Gasteiger partial charge in [0.05, 0.1) is 25.6 Å². The fourth-order valence-corrected chi connectivity index (χ4v) is 4.06. The number of methoxy groups -OCH3 is 2. The Kier molecular flexibility index (Phi) is 4.13. The molecule has 0 radical (unpaired) electrons. The molecule has 1 aromatic rings. The summed E-state index contributed by atoms with van der Waals surface area (Å²) in [4.78, 5) is 2.51. The molecule has 1 aliphatic carbocycles. The van der Waals surface area contributed by atoms with E-state index in [-0.39, 0.29) is 0 Å². The second kappa shape index (κ2) is 6.04. The Balaban J connectivity index is 1.91. The third-order valence-corrected chi connectivity index (χ3v) is 5.09. The van der Waals surface area contributed by atoms with Gasteiger partial charge in [-0.05, 0) is 31.6 Å². The van der Waals surface area contributed by atoms with Crippen molar-refractivity contribution >= 4 is 11.4 Å². The van der Waals surface area contributed by atoms with Gasteiger partial charge in [-0.2, -0.15) is 0 Å². The van der Waals surface area contributed by atoms with Crippen molar-refractivity contribution in [3.05, 3.63) is 12.1 Å². The van der Waals surface area contributed by atoms with Gasteiger partial charge in [-0.25, -0.2) is 0 Å². The van der Waals surface area contributed by atoms with Crippen molar-refractivity contribution < 1.29 is 9.47 Å². The first-order chi connectivity index (χ1) is 10.2. The summed E-state index contributed by atoms with van der Waals surface area (Å²) in [7, 11) is 3.32. The molecule has 0 amide bonds. The Labute approximate surface area is 127 Å². The summed E-state index contributed by atoms with van der Waals surface area (Å²) < 4.78 is 10.8. The molecule has 1 saturated heterocycles. The van der Waals surface area contributed by atoms with Crippen molar-refractivity contribution in [1.29, 1.82) is 0 Å². The first kappa shape index (κ1) is 14.4. The van der Waals surface area contributed by atoms with Crippen molar-refractivity contribution in [1.82, 2.24) is 0 Å². The molecule has 4 nitrogen and oxygen atoms in total. The average Bonchev–Trinajstić information content (AvgIpc) is 3.17. The topological polar surface area (TPSA) is 47.7 Å². The molecule has 0 bridgehead atoms. The van der Waals surface area contributed by atoms with Crippen LogP contribution in [0, 0.1) is 5.92 Å². The van der Waals surface area contributed by atoms with Gasteiger partial charge in [0, 0.05) is 24.7 Å². The van der Waals surface area contributed by atoms with Gasteiger partial charge in [0.1, 0.15) is 0 Å². The summed E-state index contributed by atoms with van der Waals surface area (Å²) in [6.45, 7) is 1.10. The molecule has 0 spiro atoms. The van der Waals surface area contributed by atoms with Crippen LogP contribution in [0.15, 0.2) is 12.1 Å². The van der Waals surface area contributed by atoms with Crippen LogP contribution in [0.1, 0.15) is 38.5 Å². The third kappa shape index (κ3) is 2.63. The summed E-state index contributed by atoms with van der Waals surface area (Å²) in [6, 6.07) is 4.58. The van der Waals surface area contributed by atoms with Crippen LogP contribution in [0.4, 0.5) is 11.4 Å². The van der Waals surface area contributed by atoms with Crippen molar-refractivity contribution in [3.8, 4) is 11.5 Å². The molecule has 2 aliphatic rings. The lowest BCUT2D eigenvalue weighted by molar-refractivity contribution is 0.355. The predicted molar refractivity (Wildman–Crippen MR) is 86.3 cm³/mol. The lowest BCUT2D eigenvalue weighted by atomic mass is 9.95. The number of nitrogens with two attached hydrogens (primary N) is 1. The fraction of sp³-hybridized carbons (Fsp3) is 0.647. The Morgan fingerprint density at radius 1 is 1.00 bits per heavy atom. The van der Waals surface area contributed by atoms with Crippen molar-refractivity contribution in [2.75, 3.05) is 31.4 Å². The van der Waals surface area contributed by atoms with E-state index in [9.17, 15) is 0 Å².